The third-order valence-corrected chi connectivity index (χ3v) is 13.7. The van der Waals surface area contributed by atoms with E-state index < -0.39 is 47.7 Å². The maximum absolute atomic E-state index is 15.1. The van der Waals surface area contributed by atoms with Crippen molar-refractivity contribution in [2.45, 2.75) is 59.2 Å². The van der Waals surface area contributed by atoms with Crippen LogP contribution in [-0.2, 0) is 46.4 Å². The molecule has 5 N–H and O–H groups in total. The highest BCUT2D eigenvalue weighted by molar-refractivity contribution is 7.22. The van der Waals surface area contributed by atoms with Crippen LogP contribution in [0.15, 0.2) is 77.9 Å². The lowest BCUT2D eigenvalue weighted by Gasteiger charge is -2.24. The summed E-state index contributed by atoms with van der Waals surface area (Å²) in [5.74, 6) is 2.97. The van der Waals surface area contributed by atoms with Crippen LogP contribution in [-0.4, -0.2) is 145 Å². The number of rotatable bonds is 30. The van der Waals surface area contributed by atoms with Crippen molar-refractivity contribution < 1.29 is 57.2 Å². The van der Waals surface area contributed by atoms with Crippen LogP contribution in [0.4, 0.5) is 36.8 Å². The Morgan fingerprint density at radius 1 is 0.877 bits per heavy atom. The zero-order chi connectivity index (χ0) is 58.3. The van der Waals surface area contributed by atoms with Crippen molar-refractivity contribution in [1.82, 2.24) is 35.7 Å². The van der Waals surface area contributed by atoms with E-state index in [1.807, 2.05) is 37.3 Å². The number of benzene rings is 3. The highest BCUT2D eigenvalue weighted by Gasteiger charge is 2.27. The number of anilines is 5. The first-order chi connectivity index (χ1) is 39.0. The maximum atomic E-state index is 15.1. The average molecular weight is 1150 g/mol. The first-order valence-electron chi connectivity index (χ1n) is 25.5. The molecule has 0 radical (unpaired) electrons. The molecule has 0 unspecified atom stereocenters. The van der Waals surface area contributed by atoms with Crippen molar-refractivity contribution in [3.8, 4) is 17.6 Å². The fourth-order valence-electron chi connectivity index (χ4n) is 7.20. The number of halogens is 1. The number of aromatic carboxylic acids is 1. The first kappa shape index (κ1) is 61.7. The molecule has 0 aliphatic rings. The molecule has 4 amide bonds. The maximum Gasteiger partial charge on any atom is 0.410 e. The van der Waals surface area contributed by atoms with Gasteiger partial charge in [0.05, 0.1) is 56.4 Å². The molecule has 0 saturated heterocycles. The van der Waals surface area contributed by atoms with Crippen molar-refractivity contribution in [2.75, 3.05) is 89.0 Å². The summed E-state index contributed by atoms with van der Waals surface area (Å²) in [5.41, 5.74) is 11.2. The van der Waals surface area contributed by atoms with E-state index in [1.165, 1.54) is 53.7 Å². The molecule has 27 heteroatoms. The number of carboxylic acids is 1. The van der Waals surface area contributed by atoms with E-state index in [9.17, 15) is 29.1 Å². The van der Waals surface area contributed by atoms with Gasteiger partial charge in [-0.25, -0.2) is 23.9 Å². The molecule has 81 heavy (non-hydrogen) atoms. The Bertz CT molecular complexity index is 3200. The number of para-hydroxylation sites is 1. The third kappa shape index (κ3) is 19.4. The molecule has 3 aromatic heterocycles. The van der Waals surface area contributed by atoms with E-state index in [0.29, 0.717) is 69.6 Å². The van der Waals surface area contributed by atoms with Gasteiger partial charge in [-0.15, -0.1) is 21.5 Å². The number of aromatic nitrogens is 4. The van der Waals surface area contributed by atoms with Gasteiger partial charge in [-0.05, 0) is 97.8 Å². The van der Waals surface area contributed by atoms with Crippen LogP contribution in [0.2, 0.25) is 0 Å². The van der Waals surface area contributed by atoms with Crippen LogP contribution in [0.25, 0.3) is 20.7 Å². The number of thiazole rings is 2. The SMILES string of the molecule is Cc1cc(N(C)c2nc(C(=O)O)c(CCCOc3ccc(C#CCN(C)C(=O)OCc4ccc(NC(=O)[C@H](C)NC(=O)[C@@H](NC(=O)COCCOCCOCCN=[N+]=[N-])C(C)C)cc4)cc3F)s2)nnc1Nc1nc2ccccc2s1. The van der Waals surface area contributed by atoms with E-state index in [0.717, 1.165) is 15.8 Å². The number of fused-ring (bicyclic) bond motifs is 1. The number of azide groups is 1. The van der Waals surface area contributed by atoms with Crippen molar-refractivity contribution in [3.63, 3.8) is 0 Å². The van der Waals surface area contributed by atoms with Crippen LogP contribution in [0, 0.1) is 30.5 Å². The number of amides is 4. The number of nitrogens with one attached hydrogen (secondary N) is 4. The predicted molar refractivity (Wildman–Crippen MR) is 303 cm³/mol. The van der Waals surface area contributed by atoms with E-state index in [-0.39, 0.29) is 70.1 Å². The van der Waals surface area contributed by atoms with E-state index in [2.05, 4.69) is 63.3 Å². The molecule has 0 saturated carbocycles. The number of carboxylic acid groups (broad SMARTS) is 1. The Morgan fingerprint density at radius 2 is 1.62 bits per heavy atom. The minimum Gasteiger partial charge on any atom is -0.491 e. The van der Waals surface area contributed by atoms with Gasteiger partial charge < -0.3 is 59.9 Å². The van der Waals surface area contributed by atoms with E-state index in [4.69, 9.17) is 29.2 Å². The smallest absolute Gasteiger partial charge is 0.410 e. The second-order valence-electron chi connectivity index (χ2n) is 18.2. The van der Waals surface area contributed by atoms with Gasteiger partial charge in [-0.1, -0.05) is 66.4 Å². The van der Waals surface area contributed by atoms with Crippen LogP contribution in [0.1, 0.15) is 59.2 Å². The van der Waals surface area contributed by atoms with Crippen LogP contribution >= 0.6 is 22.7 Å². The summed E-state index contributed by atoms with van der Waals surface area (Å²) in [6.45, 7) is 8.05. The molecule has 0 fully saturated rings. The number of carbonyl (C=O) groups excluding carboxylic acids is 4. The highest BCUT2D eigenvalue weighted by Crippen LogP contribution is 2.33. The minimum absolute atomic E-state index is 0.00337. The Kier molecular flexibility index (Phi) is 23.9. The van der Waals surface area contributed by atoms with Gasteiger partial charge in [-0.3, -0.25) is 14.4 Å². The zero-order valence-electron chi connectivity index (χ0n) is 45.4. The summed E-state index contributed by atoms with van der Waals surface area (Å²) in [6, 6.07) is 18.5. The van der Waals surface area contributed by atoms with Crippen LogP contribution < -0.4 is 30.9 Å². The monoisotopic (exact) mass is 1150 g/mol. The molecule has 24 nitrogen and oxygen atoms in total. The Hall–Kier alpha value is -8.51. The first-order valence-corrected chi connectivity index (χ1v) is 27.1. The number of hydrogen-bond acceptors (Lipinski definition) is 19. The van der Waals surface area contributed by atoms with Gasteiger partial charge in [0.15, 0.2) is 39.2 Å². The summed E-state index contributed by atoms with van der Waals surface area (Å²) in [7, 11) is 3.23. The highest BCUT2D eigenvalue weighted by atomic mass is 32.1. The minimum atomic E-state index is -1.18. The predicted octanol–water partition coefficient (Wildman–Crippen LogP) is 7.78. The Balaban J connectivity index is 0.869. The molecule has 3 heterocycles. The van der Waals surface area contributed by atoms with Gasteiger partial charge in [0.25, 0.3) is 0 Å². The third-order valence-electron chi connectivity index (χ3n) is 11.6. The van der Waals surface area contributed by atoms with Gasteiger partial charge in [0.2, 0.25) is 17.7 Å². The molecular weight excluding hydrogens is 1090 g/mol. The molecule has 0 aliphatic carbocycles. The lowest BCUT2D eigenvalue weighted by Crippen LogP contribution is -2.54. The summed E-state index contributed by atoms with van der Waals surface area (Å²) in [5, 5.41) is 34.3. The van der Waals surface area contributed by atoms with Crippen molar-refractivity contribution in [1.29, 1.82) is 0 Å². The molecule has 6 aromatic rings. The molecule has 3 aromatic carbocycles. The number of carbonyl (C=O) groups is 5. The van der Waals surface area contributed by atoms with Crippen LogP contribution in [0.3, 0.4) is 0 Å². The number of aryl methyl sites for hydroxylation is 2. The molecular formula is C54H62FN13O11S2. The normalized spacial score (nSPS) is 11.6. The summed E-state index contributed by atoms with van der Waals surface area (Å²) < 4.78 is 43.2. The number of ether oxygens (including phenoxy) is 5. The van der Waals surface area contributed by atoms with Crippen molar-refractivity contribution in [3.05, 3.63) is 116 Å². The standard InChI is InChI=1S/C54H62FN13O11S2/c1-33(2)46(61-45(69)32-77-28-27-76-26-25-75-24-21-57-66-56)50(71)58-35(4)49(70)59-38-18-15-37(16-19-38)31-79-54(74)67(5)22-9-11-36-17-20-41(39(55)30-36)78-23-10-14-43-47(51(72)73)62-53(81-43)68(6)44-29-34(3)48(65-64-44)63-52-60-40-12-7-8-13-42(40)80-52/h7-8,12-13,15-20,29-30,33,35,46H,10,14,21-28,31-32H2,1-6H3,(H,58,71)(H,59,70)(H,61,69)(H,72,73)(H,60,63,65)/t35-,46-/m0/s1. The molecule has 428 valence electrons. The lowest BCUT2D eigenvalue weighted by molar-refractivity contribution is -0.133. The molecule has 0 bridgehead atoms. The number of hydrogen-bond donors (Lipinski definition) is 5. The Morgan fingerprint density at radius 3 is 2.32 bits per heavy atom. The van der Waals surface area contributed by atoms with Crippen molar-refractivity contribution >= 4 is 90.3 Å². The Labute approximate surface area is 474 Å². The summed E-state index contributed by atoms with van der Waals surface area (Å²) in [6.07, 6.45) is 0.0266. The summed E-state index contributed by atoms with van der Waals surface area (Å²) in [4.78, 5) is 78.6. The largest absolute Gasteiger partial charge is 0.491 e. The number of nitrogens with zero attached hydrogens (tertiary/aromatic N) is 9. The topological polar surface area (TPSA) is 307 Å². The van der Waals surface area contributed by atoms with Gasteiger partial charge >= 0.3 is 12.1 Å². The quantitative estimate of drug-likeness (QED) is 0.00945. The average Bonchev–Trinajstić information content (AvgIpc) is 4.12. The lowest BCUT2D eigenvalue weighted by atomic mass is 10.0. The van der Waals surface area contributed by atoms with E-state index >= 15 is 4.39 Å². The van der Waals surface area contributed by atoms with Crippen molar-refractivity contribution in [2.24, 2.45) is 11.0 Å². The second-order valence-corrected chi connectivity index (χ2v) is 20.3. The van der Waals surface area contributed by atoms with Gasteiger partial charge in [0.1, 0.15) is 25.3 Å². The van der Waals surface area contributed by atoms with Gasteiger partial charge in [-0.2, -0.15) is 0 Å². The molecule has 2 atom stereocenters. The fourth-order valence-corrected chi connectivity index (χ4v) is 9.13. The zero-order valence-corrected chi connectivity index (χ0v) is 47.0. The van der Waals surface area contributed by atoms with Crippen LogP contribution in [0.5, 0.6) is 5.75 Å². The van der Waals surface area contributed by atoms with Gasteiger partial charge in [0, 0.05) is 41.7 Å². The molecule has 0 spiro atoms. The van der Waals surface area contributed by atoms with E-state index in [1.54, 1.807) is 56.1 Å². The molecule has 6 rings (SSSR count). The summed E-state index contributed by atoms with van der Waals surface area (Å²) >= 11 is 2.71. The molecule has 0 aliphatic heterocycles. The fraction of sp³-hybridized carbons (Fsp3) is 0.389. The second kappa shape index (κ2) is 31.3.